The normalized spacial score (nSPS) is 26.3. The average molecular weight is 711 g/mol. The van der Waals surface area contributed by atoms with E-state index in [9.17, 15) is 14.7 Å². The van der Waals surface area contributed by atoms with Crippen LogP contribution in [0.3, 0.4) is 0 Å². The van der Waals surface area contributed by atoms with Gasteiger partial charge in [0.25, 0.3) is 0 Å². The van der Waals surface area contributed by atoms with Gasteiger partial charge in [0.05, 0.1) is 6.04 Å². The van der Waals surface area contributed by atoms with Gasteiger partial charge in [-0.25, -0.2) is 0 Å². The summed E-state index contributed by atoms with van der Waals surface area (Å²) in [6.07, 6.45) is 22.9. The summed E-state index contributed by atoms with van der Waals surface area (Å²) in [6, 6.07) is 12.6. The van der Waals surface area contributed by atoms with Crippen LogP contribution >= 0.6 is 0 Å². The molecule has 2 heterocycles. The number of nitrogens with zero attached hydrogens (tertiary/aromatic N) is 2. The van der Waals surface area contributed by atoms with E-state index in [2.05, 4.69) is 46.7 Å². The fraction of sp³-hybridized carbons (Fsp3) is 0.644. The number of benzene rings is 2. The van der Waals surface area contributed by atoms with E-state index in [0.717, 1.165) is 69.3 Å². The highest BCUT2D eigenvalue weighted by Crippen LogP contribution is 2.65. The maximum absolute atomic E-state index is 14.5. The largest absolute Gasteiger partial charge is 0.508 e. The SMILES string of the molecule is C=CCN1CC[C@]23c4c5c(O)cc(OC(C)=O)c4O[C@H]2[C@H](N(CC2CCCCC2)C(=O)CCCCCCCCCCc2ccccc2)CC[C@H]3[C@H]1C5. The molecule has 7 nitrogen and oxygen atoms in total. The van der Waals surface area contributed by atoms with Gasteiger partial charge in [0.1, 0.15) is 11.9 Å². The van der Waals surface area contributed by atoms with Crippen LogP contribution in [-0.4, -0.2) is 64.6 Å². The Morgan fingerprint density at radius 1 is 1.00 bits per heavy atom. The number of esters is 1. The molecular weight excluding hydrogens is 649 g/mol. The van der Waals surface area contributed by atoms with Crippen molar-refractivity contribution >= 4 is 11.9 Å². The smallest absolute Gasteiger partial charge is 0.308 e. The van der Waals surface area contributed by atoms with Gasteiger partial charge in [0.15, 0.2) is 11.5 Å². The van der Waals surface area contributed by atoms with E-state index in [1.54, 1.807) is 6.07 Å². The van der Waals surface area contributed by atoms with Gasteiger partial charge in [-0.1, -0.05) is 94.2 Å². The lowest BCUT2D eigenvalue weighted by atomic mass is 9.50. The molecular formula is C45H62N2O5. The van der Waals surface area contributed by atoms with Gasteiger partial charge in [-0.3, -0.25) is 14.5 Å². The Hall–Kier alpha value is -3.32. The zero-order valence-electron chi connectivity index (χ0n) is 31.7. The van der Waals surface area contributed by atoms with Crippen LogP contribution in [0, 0.1) is 11.8 Å². The number of unbranched alkanes of at least 4 members (excludes halogenated alkanes) is 7. The topological polar surface area (TPSA) is 79.3 Å². The van der Waals surface area contributed by atoms with Gasteiger partial charge in [-0.2, -0.15) is 0 Å². The maximum atomic E-state index is 14.5. The lowest BCUT2D eigenvalue weighted by molar-refractivity contribution is -0.144. The number of rotatable bonds is 17. The summed E-state index contributed by atoms with van der Waals surface area (Å²) >= 11 is 0. The molecule has 1 N–H and O–H groups in total. The highest BCUT2D eigenvalue weighted by molar-refractivity contribution is 5.77. The van der Waals surface area contributed by atoms with Crippen molar-refractivity contribution in [2.24, 2.45) is 11.8 Å². The van der Waals surface area contributed by atoms with Crippen molar-refractivity contribution in [2.75, 3.05) is 19.6 Å². The molecule has 52 heavy (non-hydrogen) atoms. The van der Waals surface area contributed by atoms with Crippen LogP contribution in [0.1, 0.15) is 133 Å². The minimum Gasteiger partial charge on any atom is -0.508 e. The standard InChI is InChI=1S/C45H62N2O5/c1-3-27-46-28-26-45-36-24-25-37(44(45)52-43-40(51-32(2)48)30-39(49)35(42(43)45)29-38(36)46)47(31-34-21-15-11-16-22-34)41(50)23-17-9-7-5-4-6-8-12-18-33-19-13-10-14-20-33/h3,10,13-14,19-20,30,34,36-38,44,49H,1,4-9,11-12,15-18,21-29,31H2,2H3/t36-,37+,38+,44-,45-/m0/s1. The van der Waals surface area contributed by atoms with E-state index in [1.165, 1.54) is 89.5 Å². The lowest BCUT2D eigenvalue weighted by Crippen LogP contribution is -2.69. The van der Waals surface area contributed by atoms with Crippen molar-refractivity contribution in [3.05, 3.63) is 65.7 Å². The van der Waals surface area contributed by atoms with Crippen molar-refractivity contribution in [1.29, 1.82) is 0 Å². The third-order valence-electron chi connectivity index (χ3n) is 13.5. The van der Waals surface area contributed by atoms with E-state index in [-0.39, 0.29) is 35.3 Å². The molecule has 3 fully saturated rings. The van der Waals surface area contributed by atoms with Crippen LogP contribution in [0.5, 0.6) is 17.2 Å². The van der Waals surface area contributed by atoms with Crippen LogP contribution in [0.4, 0.5) is 0 Å². The van der Waals surface area contributed by atoms with E-state index in [0.29, 0.717) is 29.8 Å². The lowest BCUT2D eigenvalue weighted by Gasteiger charge is -2.60. The zero-order chi connectivity index (χ0) is 36.1. The monoisotopic (exact) mass is 710 g/mol. The second-order valence-corrected chi connectivity index (χ2v) is 16.7. The molecule has 2 aromatic rings. The number of amides is 1. The highest BCUT2D eigenvalue weighted by atomic mass is 16.6. The van der Waals surface area contributed by atoms with Crippen molar-refractivity contribution in [3.63, 3.8) is 0 Å². The summed E-state index contributed by atoms with van der Waals surface area (Å²) in [6.45, 7) is 8.00. The molecule has 0 unspecified atom stereocenters. The second-order valence-electron chi connectivity index (χ2n) is 16.7. The molecule has 2 saturated carbocycles. The molecule has 5 aliphatic rings. The average Bonchev–Trinajstić information content (AvgIpc) is 3.49. The van der Waals surface area contributed by atoms with Crippen LogP contribution in [0.15, 0.2) is 49.1 Å². The number of carbonyl (C=O) groups excluding carboxylic acids is 2. The predicted molar refractivity (Wildman–Crippen MR) is 206 cm³/mol. The molecule has 2 aliphatic heterocycles. The van der Waals surface area contributed by atoms with Gasteiger partial charge in [-0.15, -0.1) is 6.58 Å². The van der Waals surface area contributed by atoms with Crippen LogP contribution in [-0.2, 0) is 27.8 Å². The first-order valence-electron chi connectivity index (χ1n) is 20.8. The molecule has 2 bridgehead atoms. The van der Waals surface area contributed by atoms with Crippen molar-refractivity contribution in [2.45, 2.75) is 153 Å². The number of phenols is 1. The molecule has 1 amide bonds. The number of ether oxygens (including phenoxy) is 2. The number of likely N-dealkylation sites (tertiary alicyclic amines) is 1. The molecule has 282 valence electrons. The number of hydrogen-bond donors (Lipinski definition) is 1. The first-order valence-corrected chi connectivity index (χ1v) is 20.8. The Morgan fingerprint density at radius 3 is 2.46 bits per heavy atom. The minimum atomic E-state index is -0.425. The molecule has 7 rings (SSSR count). The summed E-state index contributed by atoms with van der Waals surface area (Å²) in [5.41, 5.74) is 3.11. The molecule has 7 heteroatoms. The highest BCUT2D eigenvalue weighted by Gasteiger charge is 2.67. The Balaban J connectivity index is 1.04. The molecule has 0 radical (unpaired) electrons. The first-order chi connectivity index (χ1) is 25.4. The van der Waals surface area contributed by atoms with Gasteiger partial charge < -0.3 is 19.5 Å². The number of carbonyl (C=O) groups is 2. The molecule has 3 aliphatic carbocycles. The van der Waals surface area contributed by atoms with Crippen molar-refractivity contribution < 1.29 is 24.2 Å². The van der Waals surface area contributed by atoms with E-state index >= 15 is 0 Å². The third-order valence-corrected chi connectivity index (χ3v) is 13.5. The van der Waals surface area contributed by atoms with Gasteiger partial charge in [0, 0.05) is 55.1 Å². The number of aryl methyl sites for hydroxylation is 1. The predicted octanol–water partition coefficient (Wildman–Crippen LogP) is 9.07. The van der Waals surface area contributed by atoms with Crippen LogP contribution < -0.4 is 9.47 Å². The molecule has 5 atom stereocenters. The third kappa shape index (κ3) is 7.54. The summed E-state index contributed by atoms with van der Waals surface area (Å²) in [5.74, 6) is 1.87. The van der Waals surface area contributed by atoms with E-state index < -0.39 is 5.97 Å². The number of piperidine rings is 1. The van der Waals surface area contributed by atoms with Gasteiger partial charge >= 0.3 is 5.97 Å². The fourth-order valence-electron chi connectivity index (χ4n) is 11.1. The number of aromatic hydroxyl groups is 1. The fourth-order valence-corrected chi connectivity index (χ4v) is 11.1. The second kappa shape index (κ2) is 16.8. The van der Waals surface area contributed by atoms with Crippen LogP contribution in [0.25, 0.3) is 0 Å². The van der Waals surface area contributed by atoms with Gasteiger partial charge in [-0.05, 0) is 81.7 Å². The zero-order valence-corrected chi connectivity index (χ0v) is 31.7. The van der Waals surface area contributed by atoms with Crippen LogP contribution in [0.2, 0.25) is 0 Å². The summed E-state index contributed by atoms with van der Waals surface area (Å²) in [7, 11) is 0. The van der Waals surface area contributed by atoms with E-state index in [4.69, 9.17) is 9.47 Å². The van der Waals surface area contributed by atoms with Gasteiger partial charge in [0.2, 0.25) is 5.91 Å². The molecule has 1 saturated heterocycles. The van der Waals surface area contributed by atoms with E-state index in [1.807, 2.05) is 6.08 Å². The Morgan fingerprint density at radius 2 is 1.73 bits per heavy atom. The Kier molecular flexibility index (Phi) is 11.9. The summed E-state index contributed by atoms with van der Waals surface area (Å²) < 4.78 is 12.8. The molecule has 0 aromatic heterocycles. The minimum absolute atomic E-state index is 0.0427. The summed E-state index contributed by atoms with van der Waals surface area (Å²) in [5, 5.41) is 11.4. The quantitative estimate of drug-likeness (QED) is 0.0764. The Labute approximate surface area is 312 Å². The van der Waals surface area contributed by atoms with Crippen molar-refractivity contribution in [1.82, 2.24) is 9.80 Å². The molecule has 2 aromatic carbocycles. The number of phenolic OH excluding ortho intramolecular Hbond substituents is 1. The Bertz CT molecular complexity index is 1550. The maximum Gasteiger partial charge on any atom is 0.308 e. The number of hydrogen-bond acceptors (Lipinski definition) is 6. The summed E-state index contributed by atoms with van der Waals surface area (Å²) in [4.78, 5) is 31.6. The molecule has 1 spiro atoms. The van der Waals surface area contributed by atoms with Crippen molar-refractivity contribution in [3.8, 4) is 17.2 Å². The first kappa shape index (κ1) is 37.0.